The minimum absolute atomic E-state index is 0.180. The monoisotopic (exact) mass is 298 g/mol. The molecule has 0 saturated heterocycles. The summed E-state index contributed by atoms with van der Waals surface area (Å²) in [6.07, 6.45) is 7.20. The fourth-order valence-electron chi connectivity index (χ4n) is 3.24. The predicted molar refractivity (Wildman–Crippen MR) is 88.6 cm³/mol. The van der Waals surface area contributed by atoms with Crippen LogP contribution in [-0.4, -0.2) is 28.9 Å². The van der Waals surface area contributed by atoms with Gasteiger partial charge in [0, 0.05) is 13.1 Å². The molecule has 1 fully saturated rings. The van der Waals surface area contributed by atoms with Crippen LogP contribution < -0.4 is 5.73 Å². The number of carbonyl (C=O) groups excluding carboxylic acids is 1. The smallest absolute Gasteiger partial charge is 0.235 e. The van der Waals surface area contributed by atoms with E-state index in [1.54, 1.807) is 0 Å². The number of nitrogens with zero attached hydrogens (tertiary/aromatic N) is 1. The van der Waals surface area contributed by atoms with Gasteiger partial charge in [-0.05, 0) is 25.7 Å². The summed E-state index contributed by atoms with van der Waals surface area (Å²) in [5.41, 5.74) is 5.42. The van der Waals surface area contributed by atoms with Crippen LogP contribution in [0.3, 0.4) is 0 Å². The molecule has 1 rings (SSSR count). The zero-order valence-corrected chi connectivity index (χ0v) is 14.1. The van der Waals surface area contributed by atoms with Crippen LogP contribution in [0.2, 0.25) is 0 Å². The summed E-state index contributed by atoms with van der Waals surface area (Å²) in [5, 5.41) is 0. The van der Waals surface area contributed by atoms with Gasteiger partial charge in [0.05, 0.1) is 10.4 Å². The van der Waals surface area contributed by atoms with Crippen molar-refractivity contribution in [2.75, 3.05) is 13.1 Å². The van der Waals surface area contributed by atoms with Crippen LogP contribution in [-0.2, 0) is 4.79 Å². The molecule has 0 aromatic rings. The molecule has 0 radical (unpaired) electrons. The van der Waals surface area contributed by atoms with Gasteiger partial charge in [-0.15, -0.1) is 0 Å². The van der Waals surface area contributed by atoms with Gasteiger partial charge in [0.25, 0.3) is 0 Å². The van der Waals surface area contributed by atoms with E-state index in [2.05, 4.69) is 20.8 Å². The van der Waals surface area contributed by atoms with Crippen LogP contribution in [0.1, 0.15) is 65.7 Å². The molecule has 1 aliphatic carbocycles. The van der Waals surface area contributed by atoms with E-state index in [1.807, 2.05) is 4.90 Å². The third kappa shape index (κ3) is 3.72. The lowest BCUT2D eigenvalue weighted by molar-refractivity contribution is -0.140. The second-order valence-electron chi connectivity index (χ2n) is 6.03. The van der Waals surface area contributed by atoms with Crippen LogP contribution in [0.25, 0.3) is 0 Å². The van der Waals surface area contributed by atoms with Gasteiger partial charge in [-0.3, -0.25) is 4.79 Å². The number of thiocarbonyl (C=S) groups is 1. The van der Waals surface area contributed by atoms with E-state index < -0.39 is 5.41 Å². The number of rotatable bonds is 7. The third-order valence-electron chi connectivity index (χ3n) is 4.89. The minimum atomic E-state index is -0.560. The van der Waals surface area contributed by atoms with Gasteiger partial charge in [0.2, 0.25) is 5.91 Å². The van der Waals surface area contributed by atoms with Crippen molar-refractivity contribution in [3.8, 4) is 0 Å². The van der Waals surface area contributed by atoms with Gasteiger partial charge < -0.3 is 10.6 Å². The second kappa shape index (κ2) is 7.96. The molecular weight excluding hydrogens is 268 g/mol. The van der Waals surface area contributed by atoms with Crippen LogP contribution in [0.4, 0.5) is 0 Å². The number of nitrogens with two attached hydrogens (primary N) is 1. The topological polar surface area (TPSA) is 46.3 Å². The molecule has 4 heteroatoms. The standard InChI is InChI=1S/C16H30N2OS/c1-4-13(5-2)12-18(6-3)15(19)16(14(17)20)10-8-7-9-11-16/h13H,4-12H2,1-3H3,(H2,17,20). The third-order valence-corrected chi connectivity index (χ3v) is 5.28. The molecule has 0 spiro atoms. The summed E-state index contributed by atoms with van der Waals surface area (Å²) in [7, 11) is 0. The van der Waals surface area contributed by atoms with Crippen molar-refractivity contribution in [3.05, 3.63) is 0 Å². The van der Waals surface area contributed by atoms with E-state index in [9.17, 15) is 4.79 Å². The van der Waals surface area contributed by atoms with Gasteiger partial charge >= 0.3 is 0 Å². The Balaban J connectivity index is 2.88. The van der Waals surface area contributed by atoms with Gasteiger partial charge in [0.15, 0.2) is 0 Å². The molecule has 0 aromatic heterocycles. The van der Waals surface area contributed by atoms with Crippen LogP contribution in [0.15, 0.2) is 0 Å². The summed E-state index contributed by atoms with van der Waals surface area (Å²) in [6.45, 7) is 8.02. The molecule has 0 aromatic carbocycles. The lowest BCUT2D eigenvalue weighted by Crippen LogP contribution is -2.52. The quantitative estimate of drug-likeness (QED) is 0.732. The largest absolute Gasteiger partial charge is 0.392 e. The summed E-state index contributed by atoms with van der Waals surface area (Å²) in [6, 6.07) is 0. The molecule has 0 heterocycles. The Bertz CT molecular complexity index is 333. The van der Waals surface area contributed by atoms with Gasteiger partial charge in [0.1, 0.15) is 0 Å². The van der Waals surface area contributed by atoms with E-state index in [0.29, 0.717) is 10.9 Å². The van der Waals surface area contributed by atoms with E-state index >= 15 is 0 Å². The number of carbonyl (C=O) groups is 1. The Labute approximate surface area is 129 Å². The molecule has 0 aliphatic heterocycles. The maximum absolute atomic E-state index is 13.0. The van der Waals surface area contributed by atoms with Crippen LogP contribution >= 0.6 is 12.2 Å². The Morgan fingerprint density at radius 3 is 2.15 bits per heavy atom. The number of hydrogen-bond acceptors (Lipinski definition) is 2. The fourth-order valence-corrected chi connectivity index (χ4v) is 3.53. The normalized spacial score (nSPS) is 18.0. The van der Waals surface area contributed by atoms with E-state index in [-0.39, 0.29) is 5.91 Å². The lowest BCUT2D eigenvalue weighted by Gasteiger charge is -2.39. The molecule has 0 bridgehead atoms. The second-order valence-corrected chi connectivity index (χ2v) is 6.47. The Morgan fingerprint density at radius 2 is 1.75 bits per heavy atom. The molecule has 1 saturated carbocycles. The lowest BCUT2D eigenvalue weighted by atomic mass is 9.72. The predicted octanol–water partition coefficient (Wildman–Crippen LogP) is 3.51. The summed E-state index contributed by atoms with van der Waals surface area (Å²) in [4.78, 5) is 15.4. The number of amides is 1. The highest BCUT2D eigenvalue weighted by Crippen LogP contribution is 2.38. The SMILES string of the molecule is CCC(CC)CN(CC)C(=O)C1(C(N)=S)CCCCC1. The average Bonchev–Trinajstić information content (AvgIpc) is 2.48. The average molecular weight is 298 g/mol. The summed E-state index contributed by atoms with van der Waals surface area (Å²) < 4.78 is 0. The Hall–Kier alpha value is -0.640. The highest BCUT2D eigenvalue weighted by atomic mass is 32.1. The first kappa shape index (κ1) is 17.4. The molecule has 1 amide bonds. The van der Waals surface area contributed by atoms with Crippen molar-refractivity contribution >= 4 is 23.1 Å². The van der Waals surface area contributed by atoms with Crippen molar-refractivity contribution in [1.82, 2.24) is 4.90 Å². The van der Waals surface area contributed by atoms with E-state index in [1.165, 1.54) is 6.42 Å². The maximum atomic E-state index is 13.0. The summed E-state index contributed by atoms with van der Waals surface area (Å²) >= 11 is 5.27. The highest BCUT2D eigenvalue weighted by molar-refractivity contribution is 7.80. The van der Waals surface area contributed by atoms with E-state index in [0.717, 1.165) is 51.6 Å². The molecule has 3 nitrogen and oxygen atoms in total. The van der Waals surface area contributed by atoms with Gasteiger partial charge in [-0.2, -0.15) is 0 Å². The Morgan fingerprint density at radius 1 is 1.20 bits per heavy atom. The molecule has 0 atom stereocenters. The first-order valence-corrected chi connectivity index (χ1v) is 8.51. The molecule has 2 N–H and O–H groups in total. The molecule has 0 unspecified atom stereocenters. The van der Waals surface area contributed by atoms with Crippen molar-refractivity contribution in [2.45, 2.75) is 65.7 Å². The van der Waals surface area contributed by atoms with E-state index in [4.69, 9.17) is 18.0 Å². The maximum Gasteiger partial charge on any atom is 0.235 e. The minimum Gasteiger partial charge on any atom is -0.392 e. The van der Waals surface area contributed by atoms with Crippen LogP contribution in [0.5, 0.6) is 0 Å². The van der Waals surface area contributed by atoms with Crippen molar-refractivity contribution < 1.29 is 4.79 Å². The molecule has 20 heavy (non-hydrogen) atoms. The summed E-state index contributed by atoms with van der Waals surface area (Å²) in [5.74, 6) is 0.755. The first-order chi connectivity index (χ1) is 9.51. The van der Waals surface area contributed by atoms with Crippen molar-refractivity contribution in [3.63, 3.8) is 0 Å². The zero-order valence-electron chi connectivity index (χ0n) is 13.3. The molecular formula is C16H30N2OS. The molecule has 116 valence electrons. The Kier molecular flexibility index (Phi) is 6.93. The van der Waals surface area contributed by atoms with Crippen molar-refractivity contribution in [2.24, 2.45) is 17.1 Å². The van der Waals surface area contributed by atoms with Gasteiger partial charge in [-0.1, -0.05) is 58.2 Å². The van der Waals surface area contributed by atoms with Crippen LogP contribution in [0, 0.1) is 11.3 Å². The molecule has 1 aliphatic rings. The number of hydrogen-bond donors (Lipinski definition) is 1. The van der Waals surface area contributed by atoms with Gasteiger partial charge in [-0.25, -0.2) is 0 Å². The highest BCUT2D eigenvalue weighted by Gasteiger charge is 2.44. The first-order valence-electron chi connectivity index (χ1n) is 8.11. The van der Waals surface area contributed by atoms with Crippen molar-refractivity contribution in [1.29, 1.82) is 0 Å². The fraction of sp³-hybridized carbons (Fsp3) is 0.875. The zero-order chi connectivity index (χ0) is 15.2.